The third-order valence-corrected chi connectivity index (χ3v) is 7.78. The molecule has 0 atom stereocenters. The van der Waals surface area contributed by atoms with E-state index in [2.05, 4.69) is 17.5 Å². The standard InChI is InChI=1S/C37H50N2O3/c1-3-4-5-6-7-8-9-10-11-12-13-14-15-16-17-25-36(40)39-38-29-34-33-24-19-18-22-31(33)26-27-35(34)42-37(41)32-23-20-21-30(2)28-32/h18-24,26-29H,3-17,25H2,1-2H3,(H,39,40)/b38-29-. The van der Waals surface area contributed by atoms with Crippen LogP contribution in [-0.2, 0) is 4.79 Å². The maximum atomic E-state index is 12.8. The zero-order chi connectivity index (χ0) is 29.8. The number of rotatable bonds is 20. The van der Waals surface area contributed by atoms with Crippen LogP contribution in [0.25, 0.3) is 10.8 Å². The van der Waals surface area contributed by atoms with Gasteiger partial charge in [0.2, 0.25) is 5.91 Å². The van der Waals surface area contributed by atoms with Gasteiger partial charge in [-0.3, -0.25) is 4.79 Å². The molecule has 0 aromatic heterocycles. The van der Waals surface area contributed by atoms with E-state index >= 15 is 0 Å². The number of esters is 1. The molecular weight excluding hydrogens is 520 g/mol. The Morgan fingerprint density at radius 3 is 2.00 bits per heavy atom. The summed E-state index contributed by atoms with van der Waals surface area (Å²) in [5.74, 6) is -0.124. The molecule has 0 unspecified atom stereocenters. The summed E-state index contributed by atoms with van der Waals surface area (Å²) < 4.78 is 5.77. The van der Waals surface area contributed by atoms with E-state index in [0.29, 0.717) is 23.3 Å². The van der Waals surface area contributed by atoms with Crippen LogP contribution in [0.1, 0.15) is 131 Å². The van der Waals surface area contributed by atoms with E-state index < -0.39 is 5.97 Å². The fraction of sp³-hybridized carbons (Fsp3) is 0.486. The summed E-state index contributed by atoms with van der Waals surface area (Å²) in [7, 11) is 0. The third-order valence-electron chi connectivity index (χ3n) is 7.78. The van der Waals surface area contributed by atoms with E-state index in [4.69, 9.17) is 4.74 Å². The fourth-order valence-corrected chi connectivity index (χ4v) is 5.31. The van der Waals surface area contributed by atoms with Gasteiger partial charge in [0.1, 0.15) is 5.75 Å². The van der Waals surface area contributed by atoms with Crippen molar-refractivity contribution in [3.8, 4) is 5.75 Å². The number of benzene rings is 3. The van der Waals surface area contributed by atoms with E-state index in [9.17, 15) is 9.59 Å². The van der Waals surface area contributed by atoms with Crippen LogP contribution in [-0.4, -0.2) is 18.1 Å². The van der Waals surface area contributed by atoms with E-state index in [-0.39, 0.29) is 5.91 Å². The number of unbranched alkanes of at least 4 members (excludes halogenated alkanes) is 14. The average molecular weight is 571 g/mol. The fourth-order valence-electron chi connectivity index (χ4n) is 5.31. The number of hydrazone groups is 1. The molecule has 1 amide bonds. The summed E-state index contributed by atoms with van der Waals surface area (Å²) in [4.78, 5) is 25.2. The van der Waals surface area contributed by atoms with Crippen molar-refractivity contribution >= 4 is 28.9 Å². The maximum Gasteiger partial charge on any atom is 0.343 e. The minimum Gasteiger partial charge on any atom is -0.422 e. The normalized spacial score (nSPS) is 11.3. The van der Waals surface area contributed by atoms with Crippen LogP contribution in [0.3, 0.4) is 0 Å². The minimum absolute atomic E-state index is 0.0977. The van der Waals surface area contributed by atoms with E-state index in [0.717, 1.165) is 29.2 Å². The zero-order valence-corrected chi connectivity index (χ0v) is 25.8. The second kappa shape index (κ2) is 19.6. The molecule has 5 heteroatoms. The number of nitrogens with zero attached hydrogens (tertiary/aromatic N) is 1. The summed E-state index contributed by atoms with van der Waals surface area (Å²) >= 11 is 0. The van der Waals surface area contributed by atoms with Crippen LogP contribution in [0.2, 0.25) is 0 Å². The number of aryl methyl sites for hydroxylation is 1. The number of hydrogen-bond donors (Lipinski definition) is 1. The van der Waals surface area contributed by atoms with Gasteiger partial charge in [0.25, 0.3) is 0 Å². The van der Waals surface area contributed by atoms with Gasteiger partial charge in [0, 0.05) is 12.0 Å². The molecule has 1 N–H and O–H groups in total. The monoisotopic (exact) mass is 570 g/mol. The number of amides is 1. The SMILES string of the molecule is CCCCCCCCCCCCCCCCCC(=O)N/N=C\c1c(OC(=O)c2cccc(C)c2)ccc2ccccc12. The lowest BCUT2D eigenvalue weighted by molar-refractivity contribution is -0.121. The largest absolute Gasteiger partial charge is 0.422 e. The first-order valence-corrected chi connectivity index (χ1v) is 16.2. The maximum absolute atomic E-state index is 12.8. The van der Waals surface area contributed by atoms with Crippen LogP contribution in [0.5, 0.6) is 5.75 Å². The lowest BCUT2D eigenvalue weighted by Crippen LogP contribution is -2.17. The molecule has 42 heavy (non-hydrogen) atoms. The highest BCUT2D eigenvalue weighted by Gasteiger charge is 2.14. The summed E-state index contributed by atoms with van der Waals surface area (Å²) in [6.07, 6.45) is 21.5. The molecule has 0 bridgehead atoms. The second-order valence-corrected chi connectivity index (χ2v) is 11.5. The lowest BCUT2D eigenvalue weighted by Gasteiger charge is -2.11. The molecule has 0 aliphatic carbocycles. The van der Waals surface area contributed by atoms with Gasteiger partial charge in [-0.1, -0.05) is 145 Å². The smallest absolute Gasteiger partial charge is 0.343 e. The predicted molar refractivity (Wildman–Crippen MR) is 175 cm³/mol. The number of nitrogens with one attached hydrogen (secondary N) is 1. The Hall–Kier alpha value is -3.47. The first-order valence-electron chi connectivity index (χ1n) is 16.2. The topological polar surface area (TPSA) is 67.8 Å². The van der Waals surface area contributed by atoms with Crippen LogP contribution >= 0.6 is 0 Å². The van der Waals surface area contributed by atoms with Crippen molar-refractivity contribution in [2.24, 2.45) is 5.10 Å². The highest BCUT2D eigenvalue weighted by Crippen LogP contribution is 2.27. The predicted octanol–water partition coefficient (Wildman–Crippen LogP) is 10.1. The van der Waals surface area contributed by atoms with Gasteiger partial charge in [0.05, 0.1) is 11.8 Å². The van der Waals surface area contributed by atoms with Crippen LogP contribution in [0.15, 0.2) is 65.8 Å². The van der Waals surface area contributed by atoms with Gasteiger partial charge < -0.3 is 4.74 Å². The lowest BCUT2D eigenvalue weighted by atomic mass is 10.0. The Balaban J connectivity index is 1.35. The molecule has 0 radical (unpaired) electrons. The zero-order valence-electron chi connectivity index (χ0n) is 25.8. The van der Waals surface area contributed by atoms with Crippen LogP contribution < -0.4 is 10.2 Å². The Labute approximate surface area is 253 Å². The molecular formula is C37H50N2O3. The molecule has 0 spiro atoms. The highest BCUT2D eigenvalue weighted by molar-refractivity contribution is 6.04. The molecule has 0 aliphatic heterocycles. The van der Waals surface area contributed by atoms with Gasteiger partial charge in [-0.05, 0) is 42.3 Å². The summed E-state index contributed by atoms with van der Waals surface area (Å²) in [6, 6.07) is 18.8. The molecule has 5 nitrogen and oxygen atoms in total. The van der Waals surface area contributed by atoms with Crippen molar-refractivity contribution in [2.45, 2.75) is 117 Å². The Morgan fingerprint density at radius 1 is 0.738 bits per heavy atom. The van der Waals surface area contributed by atoms with Crippen molar-refractivity contribution in [1.82, 2.24) is 5.43 Å². The van der Waals surface area contributed by atoms with Crippen LogP contribution in [0.4, 0.5) is 0 Å². The van der Waals surface area contributed by atoms with E-state index in [1.54, 1.807) is 24.4 Å². The van der Waals surface area contributed by atoms with Crippen molar-refractivity contribution in [1.29, 1.82) is 0 Å². The molecule has 0 saturated carbocycles. The summed E-state index contributed by atoms with van der Waals surface area (Å²) in [5.41, 5.74) is 4.79. The third kappa shape index (κ3) is 12.2. The molecule has 0 fully saturated rings. The van der Waals surface area contributed by atoms with Gasteiger partial charge in [-0.2, -0.15) is 5.10 Å². The highest BCUT2D eigenvalue weighted by atomic mass is 16.5. The quantitative estimate of drug-likeness (QED) is 0.0483. The number of ether oxygens (including phenoxy) is 1. The number of hydrogen-bond acceptors (Lipinski definition) is 4. The first-order chi connectivity index (χ1) is 20.6. The first kappa shape index (κ1) is 33.0. The van der Waals surface area contributed by atoms with Gasteiger partial charge >= 0.3 is 5.97 Å². The number of fused-ring (bicyclic) bond motifs is 1. The molecule has 0 saturated heterocycles. The van der Waals surface area contributed by atoms with Crippen LogP contribution in [0, 0.1) is 6.92 Å². The number of carbonyl (C=O) groups excluding carboxylic acids is 2. The molecule has 0 heterocycles. The van der Waals surface area contributed by atoms with Crippen molar-refractivity contribution in [2.75, 3.05) is 0 Å². The summed E-state index contributed by atoms with van der Waals surface area (Å²) in [5, 5.41) is 6.11. The average Bonchev–Trinajstić information content (AvgIpc) is 3.00. The molecule has 3 rings (SSSR count). The van der Waals surface area contributed by atoms with Crippen molar-refractivity contribution in [3.63, 3.8) is 0 Å². The van der Waals surface area contributed by atoms with E-state index in [1.165, 1.54) is 83.5 Å². The van der Waals surface area contributed by atoms with E-state index in [1.807, 2.05) is 49.4 Å². The Bertz CT molecular complexity index is 1270. The van der Waals surface area contributed by atoms with Crippen molar-refractivity contribution < 1.29 is 14.3 Å². The van der Waals surface area contributed by atoms with Crippen molar-refractivity contribution in [3.05, 3.63) is 77.4 Å². The second-order valence-electron chi connectivity index (χ2n) is 11.5. The molecule has 3 aromatic rings. The Kier molecular flexibility index (Phi) is 15.4. The van der Waals surface area contributed by atoms with Gasteiger partial charge in [-0.25, -0.2) is 10.2 Å². The molecule has 226 valence electrons. The minimum atomic E-state index is -0.430. The van der Waals surface area contributed by atoms with Gasteiger partial charge in [0.15, 0.2) is 0 Å². The molecule has 3 aromatic carbocycles. The Morgan fingerprint density at radius 2 is 1.36 bits per heavy atom. The summed E-state index contributed by atoms with van der Waals surface area (Å²) in [6.45, 7) is 4.21. The van der Waals surface area contributed by atoms with Gasteiger partial charge in [-0.15, -0.1) is 0 Å². The number of carbonyl (C=O) groups is 2. The molecule has 0 aliphatic rings.